The Labute approximate surface area is 160 Å². The minimum absolute atomic E-state index is 0.0342. The van der Waals surface area contributed by atoms with Crippen molar-refractivity contribution >= 4 is 56.5 Å². The van der Waals surface area contributed by atoms with Gasteiger partial charge in [-0.15, -0.1) is 0 Å². The highest BCUT2D eigenvalue weighted by molar-refractivity contribution is 7.91. The summed E-state index contributed by atoms with van der Waals surface area (Å²) >= 11 is 17.2. The topological polar surface area (TPSA) is 66.5 Å². The van der Waals surface area contributed by atoms with Crippen LogP contribution < -0.4 is 5.32 Å². The number of amides is 1. The number of nitrogens with one attached hydrogen (secondary N) is 1. The van der Waals surface area contributed by atoms with E-state index in [0.717, 1.165) is 9.87 Å². The molecule has 25 heavy (non-hydrogen) atoms. The van der Waals surface area contributed by atoms with Crippen LogP contribution in [0.1, 0.15) is 5.56 Å². The van der Waals surface area contributed by atoms with E-state index in [4.69, 9.17) is 35.4 Å². The van der Waals surface area contributed by atoms with Gasteiger partial charge in [-0.3, -0.25) is 4.79 Å². The van der Waals surface area contributed by atoms with Crippen molar-refractivity contribution in [2.75, 3.05) is 0 Å². The van der Waals surface area contributed by atoms with Crippen LogP contribution in [-0.4, -0.2) is 29.8 Å². The summed E-state index contributed by atoms with van der Waals surface area (Å²) in [5.74, 6) is -0.486. The Kier molecular flexibility index (Phi) is 5.02. The highest BCUT2D eigenvalue weighted by Gasteiger charge is 2.45. The first-order valence-corrected chi connectivity index (χ1v) is 9.80. The second-order valence-electron chi connectivity index (χ2n) is 5.35. The Hall–Kier alpha value is -1.67. The molecule has 0 bridgehead atoms. The van der Waals surface area contributed by atoms with E-state index in [9.17, 15) is 13.2 Å². The van der Waals surface area contributed by atoms with E-state index < -0.39 is 22.0 Å². The van der Waals surface area contributed by atoms with Crippen molar-refractivity contribution in [3.8, 4) is 0 Å². The molecule has 0 unspecified atom stereocenters. The minimum Gasteiger partial charge on any atom is -0.300 e. The molecule has 3 rings (SSSR count). The number of halogens is 2. The molecule has 0 radical (unpaired) electrons. The van der Waals surface area contributed by atoms with E-state index >= 15 is 0 Å². The number of nitrogens with zero attached hydrogens (tertiary/aromatic N) is 1. The average molecular weight is 415 g/mol. The molecule has 1 aliphatic heterocycles. The molecule has 1 heterocycles. The number of thiocarbonyl (C=S) groups is 1. The van der Waals surface area contributed by atoms with Gasteiger partial charge < -0.3 is 5.32 Å². The number of hydrogen-bond acceptors (Lipinski definition) is 4. The van der Waals surface area contributed by atoms with Crippen molar-refractivity contribution in [1.29, 1.82) is 0 Å². The smallest absolute Gasteiger partial charge is 0.269 e. The number of rotatable bonds is 4. The zero-order valence-electron chi connectivity index (χ0n) is 12.6. The van der Waals surface area contributed by atoms with Crippen LogP contribution in [0.4, 0.5) is 0 Å². The van der Waals surface area contributed by atoms with Gasteiger partial charge in [-0.05, 0) is 29.9 Å². The summed E-state index contributed by atoms with van der Waals surface area (Å²) in [6.45, 7) is 0. The van der Waals surface area contributed by atoms with Gasteiger partial charge >= 0.3 is 0 Å². The first kappa shape index (κ1) is 18.1. The molecule has 0 saturated carbocycles. The van der Waals surface area contributed by atoms with Gasteiger partial charge in [0, 0.05) is 6.42 Å². The fourth-order valence-electron chi connectivity index (χ4n) is 2.61. The highest BCUT2D eigenvalue weighted by Crippen LogP contribution is 2.34. The third kappa shape index (κ3) is 3.37. The number of benzene rings is 2. The predicted molar refractivity (Wildman–Crippen MR) is 100 cm³/mol. The monoisotopic (exact) mass is 414 g/mol. The molecule has 2 aromatic rings. The second-order valence-corrected chi connectivity index (χ2v) is 8.30. The Morgan fingerprint density at radius 3 is 2.24 bits per heavy atom. The molecule has 0 aromatic heterocycles. The molecule has 9 heteroatoms. The zero-order valence-corrected chi connectivity index (χ0v) is 15.8. The summed E-state index contributed by atoms with van der Waals surface area (Å²) < 4.78 is 27.1. The van der Waals surface area contributed by atoms with Crippen LogP contribution in [0.3, 0.4) is 0 Å². The van der Waals surface area contributed by atoms with Gasteiger partial charge in [0.2, 0.25) is 0 Å². The van der Waals surface area contributed by atoms with Crippen LogP contribution in [0.2, 0.25) is 10.0 Å². The van der Waals surface area contributed by atoms with E-state index in [-0.39, 0.29) is 26.5 Å². The lowest BCUT2D eigenvalue weighted by Crippen LogP contribution is -2.41. The van der Waals surface area contributed by atoms with Crippen molar-refractivity contribution < 1.29 is 13.2 Å². The first-order valence-electron chi connectivity index (χ1n) is 7.19. The minimum atomic E-state index is -4.21. The van der Waals surface area contributed by atoms with Crippen LogP contribution in [0.15, 0.2) is 53.4 Å². The zero-order chi connectivity index (χ0) is 18.2. The van der Waals surface area contributed by atoms with Crippen LogP contribution in [-0.2, 0) is 21.2 Å². The number of sulfonamides is 1. The Balaban J connectivity index is 2.06. The van der Waals surface area contributed by atoms with Crippen LogP contribution in [0.25, 0.3) is 0 Å². The Morgan fingerprint density at radius 1 is 1.04 bits per heavy atom. The maximum absolute atomic E-state index is 13.1. The molecule has 1 aliphatic rings. The van der Waals surface area contributed by atoms with Crippen LogP contribution >= 0.6 is 35.4 Å². The van der Waals surface area contributed by atoms with Gasteiger partial charge in [-0.25, -0.2) is 12.7 Å². The van der Waals surface area contributed by atoms with E-state index in [0.29, 0.717) is 0 Å². The molecular formula is C16H12Cl2N2O3S2. The summed E-state index contributed by atoms with van der Waals surface area (Å²) in [5, 5.41) is 2.14. The Morgan fingerprint density at radius 2 is 1.64 bits per heavy atom. The lowest BCUT2D eigenvalue weighted by atomic mass is 10.1. The second kappa shape index (κ2) is 6.92. The first-order chi connectivity index (χ1) is 11.8. The molecule has 1 N–H and O–H groups in total. The molecule has 2 aromatic carbocycles. The third-order valence-corrected chi connectivity index (χ3v) is 6.90. The van der Waals surface area contributed by atoms with Crippen molar-refractivity contribution in [2.45, 2.75) is 17.4 Å². The van der Waals surface area contributed by atoms with Gasteiger partial charge in [-0.1, -0.05) is 59.6 Å². The Bertz CT molecular complexity index is 929. The SMILES string of the molecule is O=C1NC(=S)N(S(=O)(=O)c2c(Cl)cccc2Cl)[C@@H]1Cc1ccccc1. The lowest BCUT2D eigenvalue weighted by molar-refractivity contribution is -0.120. The molecule has 1 atom stereocenters. The fourth-order valence-corrected chi connectivity index (χ4v) is 5.71. The summed E-state index contributed by atoms with van der Waals surface area (Å²) in [5.41, 5.74) is 0.804. The van der Waals surface area contributed by atoms with E-state index in [1.807, 2.05) is 30.3 Å². The molecule has 0 spiro atoms. The third-order valence-electron chi connectivity index (χ3n) is 3.72. The van der Waals surface area contributed by atoms with Crippen molar-refractivity contribution in [3.05, 3.63) is 64.1 Å². The summed E-state index contributed by atoms with van der Waals surface area (Å²) in [6.07, 6.45) is 0.175. The molecule has 1 amide bonds. The standard InChI is InChI=1S/C16H12Cl2N2O3S2/c17-11-7-4-8-12(18)14(11)25(22,23)20-13(15(21)19-16(20)24)9-10-5-2-1-3-6-10/h1-8,13H,9H2,(H,19,21,24)/t13-/m1/s1. The maximum Gasteiger partial charge on any atom is 0.269 e. The summed E-state index contributed by atoms with van der Waals surface area (Å²) in [7, 11) is -4.21. The van der Waals surface area contributed by atoms with Crippen LogP contribution in [0, 0.1) is 0 Å². The fraction of sp³-hybridized carbons (Fsp3) is 0.125. The maximum atomic E-state index is 13.1. The van der Waals surface area contributed by atoms with Crippen molar-refractivity contribution in [2.24, 2.45) is 0 Å². The lowest BCUT2D eigenvalue weighted by Gasteiger charge is -2.24. The van der Waals surface area contributed by atoms with Gasteiger partial charge in [-0.2, -0.15) is 0 Å². The average Bonchev–Trinajstić information content (AvgIpc) is 2.82. The van der Waals surface area contributed by atoms with Crippen molar-refractivity contribution in [3.63, 3.8) is 0 Å². The quantitative estimate of drug-likeness (QED) is 0.780. The molecule has 5 nitrogen and oxygen atoms in total. The number of carbonyl (C=O) groups excluding carboxylic acids is 1. The molecule has 130 valence electrons. The van der Waals surface area contributed by atoms with Crippen LogP contribution in [0.5, 0.6) is 0 Å². The van der Waals surface area contributed by atoms with E-state index in [1.165, 1.54) is 18.2 Å². The largest absolute Gasteiger partial charge is 0.300 e. The van der Waals surface area contributed by atoms with E-state index in [1.54, 1.807) is 0 Å². The molecule has 1 fully saturated rings. The van der Waals surface area contributed by atoms with Crippen molar-refractivity contribution in [1.82, 2.24) is 9.62 Å². The summed E-state index contributed by atoms with van der Waals surface area (Å²) in [6, 6.07) is 12.4. The van der Waals surface area contributed by atoms with Gasteiger partial charge in [0.25, 0.3) is 15.9 Å². The van der Waals surface area contributed by atoms with Gasteiger partial charge in [0.1, 0.15) is 10.9 Å². The highest BCUT2D eigenvalue weighted by atomic mass is 35.5. The molecule has 0 aliphatic carbocycles. The summed E-state index contributed by atoms with van der Waals surface area (Å²) in [4.78, 5) is 12.0. The molecular weight excluding hydrogens is 403 g/mol. The molecule has 1 saturated heterocycles. The van der Waals surface area contributed by atoms with Gasteiger partial charge in [0.05, 0.1) is 10.0 Å². The number of hydrogen-bond donors (Lipinski definition) is 1. The van der Waals surface area contributed by atoms with E-state index in [2.05, 4.69) is 5.32 Å². The normalized spacial score (nSPS) is 17.7. The van der Waals surface area contributed by atoms with Gasteiger partial charge in [0.15, 0.2) is 5.11 Å². The predicted octanol–water partition coefficient (Wildman–Crippen LogP) is 3.01. The number of carbonyl (C=O) groups is 1.